The quantitative estimate of drug-likeness (QED) is 0.690. The van der Waals surface area contributed by atoms with Gasteiger partial charge in [-0.25, -0.2) is 4.39 Å². The fraction of sp³-hybridized carbons (Fsp3) is 0.571. The number of hydrogen-bond donors (Lipinski definition) is 1. The molecule has 0 aromatic heterocycles. The molecular weight excluding hydrogens is 247 g/mol. The van der Waals surface area contributed by atoms with Gasteiger partial charge in [0, 0.05) is 31.3 Å². The molecule has 19 heavy (non-hydrogen) atoms. The summed E-state index contributed by atoms with van der Waals surface area (Å²) < 4.78 is 24.0. The molecule has 0 saturated heterocycles. The first-order valence-electron chi connectivity index (χ1n) is 6.39. The average molecular weight is 270 g/mol. The summed E-state index contributed by atoms with van der Waals surface area (Å²) >= 11 is 0. The van der Waals surface area contributed by atoms with E-state index in [4.69, 9.17) is 9.47 Å². The Balaban J connectivity index is 2.15. The Hall–Kier alpha value is -1.17. The van der Waals surface area contributed by atoms with Crippen LogP contribution < -0.4 is 10.1 Å². The summed E-state index contributed by atoms with van der Waals surface area (Å²) in [5.74, 6) is 0.286. The molecular formula is C14H23FN2O2. The van der Waals surface area contributed by atoms with Crippen molar-refractivity contribution in [1.82, 2.24) is 10.2 Å². The predicted molar refractivity (Wildman–Crippen MR) is 74.0 cm³/mol. The normalized spacial score (nSPS) is 11.0. The van der Waals surface area contributed by atoms with Crippen LogP contribution in [0.4, 0.5) is 4.39 Å². The van der Waals surface area contributed by atoms with E-state index in [1.54, 1.807) is 12.1 Å². The SMILES string of the molecule is COc1ccc(CNCCOCCN(C)C)c(F)c1. The standard InChI is InChI=1S/C14H23FN2O2/c1-17(2)7-9-19-8-6-16-11-12-4-5-13(18-3)10-14(12)15/h4-5,10,16H,6-9,11H2,1-3H3. The minimum Gasteiger partial charge on any atom is -0.497 e. The van der Waals surface area contributed by atoms with Crippen LogP contribution in [0, 0.1) is 5.82 Å². The van der Waals surface area contributed by atoms with Crippen molar-refractivity contribution in [3.8, 4) is 5.75 Å². The molecule has 4 nitrogen and oxygen atoms in total. The summed E-state index contributed by atoms with van der Waals surface area (Å²) in [6.45, 7) is 3.45. The van der Waals surface area contributed by atoms with Gasteiger partial charge < -0.3 is 19.7 Å². The van der Waals surface area contributed by atoms with E-state index in [9.17, 15) is 4.39 Å². The van der Waals surface area contributed by atoms with E-state index < -0.39 is 0 Å². The molecule has 1 aromatic rings. The summed E-state index contributed by atoms with van der Waals surface area (Å²) in [6.07, 6.45) is 0. The molecule has 0 unspecified atom stereocenters. The van der Waals surface area contributed by atoms with Gasteiger partial charge in [-0.15, -0.1) is 0 Å². The molecule has 0 bridgehead atoms. The van der Waals surface area contributed by atoms with Crippen LogP contribution in [0.15, 0.2) is 18.2 Å². The maximum Gasteiger partial charge on any atom is 0.131 e. The maximum atomic E-state index is 13.6. The van der Waals surface area contributed by atoms with Crippen LogP contribution in [0.5, 0.6) is 5.75 Å². The molecule has 1 rings (SSSR count). The Bertz CT molecular complexity index is 372. The van der Waals surface area contributed by atoms with Crippen molar-refractivity contribution in [3.63, 3.8) is 0 Å². The highest BCUT2D eigenvalue weighted by molar-refractivity contribution is 5.28. The molecule has 0 saturated carbocycles. The molecule has 5 heteroatoms. The van der Waals surface area contributed by atoms with Crippen molar-refractivity contribution in [2.24, 2.45) is 0 Å². The van der Waals surface area contributed by atoms with Gasteiger partial charge in [-0.2, -0.15) is 0 Å². The first-order chi connectivity index (χ1) is 9.13. The Morgan fingerprint density at radius 2 is 2.05 bits per heavy atom. The molecule has 108 valence electrons. The van der Waals surface area contributed by atoms with E-state index >= 15 is 0 Å². The number of nitrogens with zero attached hydrogens (tertiary/aromatic N) is 1. The second-order valence-electron chi connectivity index (χ2n) is 4.55. The highest BCUT2D eigenvalue weighted by atomic mass is 19.1. The lowest BCUT2D eigenvalue weighted by molar-refractivity contribution is 0.119. The van der Waals surface area contributed by atoms with Gasteiger partial charge in [0.25, 0.3) is 0 Å². The molecule has 0 aliphatic rings. The maximum absolute atomic E-state index is 13.6. The van der Waals surface area contributed by atoms with Gasteiger partial charge in [-0.1, -0.05) is 6.07 Å². The third kappa shape index (κ3) is 6.52. The molecule has 0 heterocycles. The van der Waals surface area contributed by atoms with Crippen molar-refractivity contribution < 1.29 is 13.9 Å². The van der Waals surface area contributed by atoms with E-state index in [2.05, 4.69) is 10.2 Å². The molecule has 1 N–H and O–H groups in total. The summed E-state index contributed by atoms with van der Waals surface area (Å²) in [4.78, 5) is 2.07. The first-order valence-corrected chi connectivity index (χ1v) is 6.39. The monoisotopic (exact) mass is 270 g/mol. The molecule has 0 radical (unpaired) electrons. The third-order valence-electron chi connectivity index (χ3n) is 2.68. The van der Waals surface area contributed by atoms with E-state index in [-0.39, 0.29) is 5.82 Å². The summed E-state index contributed by atoms with van der Waals surface area (Å²) in [6, 6.07) is 4.88. The average Bonchev–Trinajstić information content (AvgIpc) is 2.38. The van der Waals surface area contributed by atoms with Gasteiger partial charge in [0.1, 0.15) is 11.6 Å². The zero-order valence-corrected chi connectivity index (χ0v) is 11.9. The fourth-order valence-electron chi connectivity index (χ4n) is 1.51. The number of ether oxygens (including phenoxy) is 2. The number of halogens is 1. The zero-order valence-electron chi connectivity index (χ0n) is 11.9. The van der Waals surface area contributed by atoms with Crippen LogP contribution in [0.1, 0.15) is 5.56 Å². The van der Waals surface area contributed by atoms with Gasteiger partial charge in [0.15, 0.2) is 0 Å². The highest BCUT2D eigenvalue weighted by Gasteiger charge is 2.03. The lowest BCUT2D eigenvalue weighted by atomic mass is 10.2. The van der Waals surface area contributed by atoms with Gasteiger partial charge in [-0.05, 0) is 20.2 Å². The second kappa shape index (κ2) is 8.85. The van der Waals surface area contributed by atoms with Gasteiger partial charge >= 0.3 is 0 Å². The third-order valence-corrected chi connectivity index (χ3v) is 2.68. The molecule has 1 aromatic carbocycles. The molecule has 0 aliphatic carbocycles. The van der Waals surface area contributed by atoms with Crippen LogP contribution in [0.3, 0.4) is 0 Å². The number of likely N-dealkylation sites (N-methyl/N-ethyl adjacent to an activating group) is 1. The predicted octanol–water partition coefficient (Wildman–Crippen LogP) is 1.50. The smallest absolute Gasteiger partial charge is 0.131 e. The fourth-order valence-corrected chi connectivity index (χ4v) is 1.51. The van der Waals surface area contributed by atoms with Crippen LogP contribution >= 0.6 is 0 Å². The number of methoxy groups -OCH3 is 1. The van der Waals surface area contributed by atoms with Gasteiger partial charge in [0.05, 0.1) is 20.3 Å². The van der Waals surface area contributed by atoms with Crippen molar-refractivity contribution in [2.45, 2.75) is 6.54 Å². The van der Waals surface area contributed by atoms with Gasteiger partial charge in [0.2, 0.25) is 0 Å². The Labute approximate surface area is 114 Å². The minimum absolute atomic E-state index is 0.250. The zero-order chi connectivity index (χ0) is 14.1. The molecule has 0 atom stereocenters. The van der Waals surface area contributed by atoms with Gasteiger partial charge in [-0.3, -0.25) is 0 Å². The number of rotatable bonds is 9. The largest absolute Gasteiger partial charge is 0.497 e. The lowest BCUT2D eigenvalue weighted by Crippen LogP contribution is -2.23. The Morgan fingerprint density at radius 1 is 1.26 bits per heavy atom. The summed E-state index contributed by atoms with van der Waals surface area (Å²) in [7, 11) is 5.54. The van der Waals surface area contributed by atoms with Crippen molar-refractivity contribution in [2.75, 3.05) is 47.5 Å². The van der Waals surface area contributed by atoms with E-state index in [1.807, 2.05) is 14.1 Å². The number of hydrogen-bond acceptors (Lipinski definition) is 4. The second-order valence-corrected chi connectivity index (χ2v) is 4.55. The highest BCUT2D eigenvalue weighted by Crippen LogP contribution is 2.15. The van der Waals surface area contributed by atoms with Crippen molar-refractivity contribution in [1.29, 1.82) is 0 Å². The Kier molecular flexibility index (Phi) is 7.40. The molecule has 0 amide bonds. The van der Waals surface area contributed by atoms with E-state index in [1.165, 1.54) is 13.2 Å². The molecule has 0 aliphatic heterocycles. The van der Waals surface area contributed by atoms with Crippen LogP contribution in [-0.2, 0) is 11.3 Å². The number of nitrogens with one attached hydrogen (secondary N) is 1. The van der Waals surface area contributed by atoms with Crippen LogP contribution in [-0.4, -0.2) is 52.4 Å². The topological polar surface area (TPSA) is 33.7 Å². The van der Waals surface area contributed by atoms with Crippen LogP contribution in [0.25, 0.3) is 0 Å². The summed E-state index contributed by atoms with van der Waals surface area (Å²) in [5.41, 5.74) is 0.633. The molecule has 0 fully saturated rings. The van der Waals surface area contributed by atoms with Crippen LogP contribution in [0.2, 0.25) is 0 Å². The minimum atomic E-state index is -0.250. The van der Waals surface area contributed by atoms with Crippen molar-refractivity contribution >= 4 is 0 Å². The van der Waals surface area contributed by atoms with Crippen molar-refractivity contribution in [3.05, 3.63) is 29.6 Å². The van der Waals surface area contributed by atoms with E-state index in [0.29, 0.717) is 37.6 Å². The first kappa shape index (κ1) is 15.9. The summed E-state index contributed by atoms with van der Waals surface area (Å²) in [5, 5.41) is 3.15. The Morgan fingerprint density at radius 3 is 2.68 bits per heavy atom. The lowest BCUT2D eigenvalue weighted by Gasteiger charge is -2.10. The molecule has 0 spiro atoms. The van der Waals surface area contributed by atoms with E-state index in [0.717, 1.165) is 6.54 Å². The number of benzene rings is 1.